The second kappa shape index (κ2) is 10.5. The van der Waals surface area contributed by atoms with E-state index >= 15 is 0 Å². The minimum atomic E-state index is -0.494. The van der Waals surface area contributed by atoms with E-state index in [0.717, 1.165) is 22.0 Å². The molecule has 1 N–H and O–H groups in total. The van der Waals surface area contributed by atoms with Gasteiger partial charge in [0.2, 0.25) is 0 Å². The summed E-state index contributed by atoms with van der Waals surface area (Å²) >= 11 is 2.81. The zero-order valence-electron chi connectivity index (χ0n) is 18.0. The molecule has 0 fully saturated rings. The molecule has 0 radical (unpaired) electrons. The van der Waals surface area contributed by atoms with Gasteiger partial charge >= 0.3 is 0 Å². The number of thiazole rings is 1. The number of carbonyl (C=O) groups is 2. The first kappa shape index (κ1) is 22.9. The van der Waals surface area contributed by atoms with Crippen LogP contribution in [-0.2, 0) is 13.1 Å². The van der Waals surface area contributed by atoms with Crippen LogP contribution >= 0.6 is 22.7 Å². The molecule has 2 amide bonds. The number of benzene rings is 1. The second-order valence-electron chi connectivity index (χ2n) is 7.39. The molecule has 0 bridgehead atoms. The first-order chi connectivity index (χ1) is 16.0. The summed E-state index contributed by atoms with van der Waals surface area (Å²) in [5.74, 6) is -0.918. The number of halogens is 1. The molecule has 0 aliphatic rings. The Balaban J connectivity index is 1.44. The number of hydrogen-bond donors (Lipinski definition) is 1. The monoisotopic (exact) mass is 482 g/mol. The first-order valence-electron chi connectivity index (χ1n) is 10.5. The molecule has 33 heavy (non-hydrogen) atoms. The molecule has 3 aromatic heterocycles. The lowest BCUT2D eigenvalue weighted by molar-refractivity contribution is 0.0744. The Labute approximate surface area is 199 Å². The quantitative estimate of drug-likeness (QED) is 0.343. The van der Waals surface area contributed by atoms with Gasteiger partial charge in [-0.05, 0) is 42.1 Å². The number of hydrogen-bond acceptors (Lipinski definition) is 5. The van der Waals surface area contributed by atoms with Gasteiger partial charge in [-0.1, -0.05) is 25.1 Å². The summed E-state index contributed by atoms with van der Waals surface area (Å²) in [6, 6.07) is 13.7. The topological polar surface area (TPSA) is 67.2 Å². The Bertz CT molecular complexity index is 1230. The van der Waals surface area contributed by atoms with Crippen LogP contribution in [0.2, 0.25) is 0 Å². The molecule has 3 heterocycles. The molecule has 0 aliphatic carbocycles. The van der Waals surface area contributed by atoms with Crippen molar-refractivity contribution in [3.63, 3.8) is 0 Å². The molecule has 0 atom stereocenters. The first-order valence-corrected chi connectivity index (χ1v) is 12.3. The average Bonchev–Trinajstić information content (AvgIpc) is 3.58. The van der Waals surface area contributed by atoms with Crippen LogP contribution in [0.25, 0.3) is 0 Å². The Morgan fingerprint density at radius 1 is 1.12 bits per heavy atom. The van der Waals surface area contributed by atoms with Gasteiger partial charge in [-0.15, -0.1) is 22.7 Å². The van der Waals surface area contributed by atoms with E-state index in [-0.39, 0.29) is 17.3 Å². The van der Waals surface area contributed by atoms with Crippen molar-refractivity contribution in [2.45, 2.75) is 26.4 Å². The summed E-state index contributed by atoms with van der Waals surface area (Å²) in [5.41, 5.74) is 1.35. The van der Waals surface area contributed by atoms with Crippen LogP contribution in [0.1, 0.15) is 44.2 Å². The summed E-state index contributed by atoms with van der Waals surface area (Å²) in [6.45, 7) is 3.69. The zero-order chi connectivity index (χ0) is 23.2. The summed E-state index contributed by atoms with van der Waals surface area (Å²) in [7, 11) is 0. The normalized spacial score (nSPS) is 10.8. The van der Waals surface area contributed by atoms with Crippen LogP contribution in [0.5, 0.6) is 0 Å². The minimum absolute atomic E-state index is 0.0287. The van der Waals surface area contributed by atoms with Crippen LogP contribution in [-0.4, -0.2) is 32.8 Å². The van der Waals surface area contributed by atoms with Gasteiger partial charge in [0.15, 0.2) is 0 Å². The van der Waals surface area contributed by atoms with E-state index in [0.29, 0.717) is 19.6 Å². The summed E-state index contributed by atoms with van der Waals surface area (Å²) in [5, 5.41) is 6.87. The number of para-hydroxylation sites is 1. The van der Waals surface area contributed by atoms with E-state index in [1.54, 1.807) is 17.5 Å². The molecule has 0 saturated carbocycles. The third-order valence-electron chi connectivity index (χ3n) is 5.00. The molecule has 9 heteroatoms. The summed E-state index contributed by atoms with van der Waals surface area (Å²) in [4.78, 5) is 32.4. The highest BCUT2D eigenvalue weighted by Gasteiger charge is 2.18. The van der Waals surface area contributed by atoms with Crippen LogP contribution in [0.15, 0.2) is 65.5 Å². The number of aromatic nitrogens is 2. The highest BCUT2D eigenvalue weighted by molar-refractivity contribution is 7.12. The van der Waals surface area contributed by atoms with Gasteiger partial charge in [0.05, 0.1) is 23.7 Å². The van der Waals surface area contributed by atoms with Crippen molar-refractivity contribution in [1.29, 1.82) is 0 Å². The van der Waals surface area contributed by atoms with E-state index in [2.05, 4.69) is 17.2 Å². The molecule has 0 saturated heterocycles. The SMILES string of the molecule is CCCN(Cc1cccn1Cc1nc(C(=O)Nc2ccccc2F)cs1)C(=O)c1cccs1. The van der Waals surface area contributed by atoms with Crippen LogP contribution in [0.3, 0.4) is 0 Å². The van der Waals surface area contributed by atoms with Gasteiger partial charge in [-0.3, -0.25) is 9.59 Å². The van der Waals surface area contributed by atoms with Gasteiger partial charge in [0, 0.05) is 23.8 Å². The van der Waals surface area contributed by atoms with Crippen molar-refractivity contribution in [2.75, 3.05) is 11.9 Å². The third-order valence-corrected chi connectivity index (χ3v) is 6.69. The van der Waals surface area contributed by atoms with Crippen molar-refractivity contribution in [3.05, 3.63) is 92.6 Å². The number of thiophene rings is 1. The average molecular weight is 483 g/mol. The van der Waals surface area contributed by atoms with Gasteiger partial charge in [-0.2, -0.15) is 0 Å². The number of anilines is 1. The fourth-order valence-corrected chi connectivity index (χ4v) is 4.87. The Morgan fingerprint density at radius 3 is 2.73 bits per heavy atom. The fraction of sp³-hybridized carbons (Fsp3) is 0.208. The minimum Gasteiger partial charge on any atom is -0.343 e. The molecule has 170 valence electrons. The lowest BCUT2D eigenvalue weighted by Gasteiger charge is -2.22. The summed E-state index contributed by atoms with van der Waals surface area (Å²) < 4.78 is 15.8. The van der Waals surface area contributed by atoms with Gasteiger partial charge in [-0.25, -0.2) is 9.37 Å². The van der Waals surface area contributed by atoms with Crippen molar-refractivity contribution in [3.8, 4) is 0 Å². The van der Waals surface area contributed by atoms with E-state index in [9.17, 15) is 14.0 Å². The number of nitrogens with one attached hydrogen (secondary N) is 1. The predicted molar refractivity (Wildman–Crippen MR) is 129 cm³/mol. The second-order valence-corrected chi connectivity index (χ2v) is 9.28. The van der Waals surface area contributed by atoms with Gasteiger partial charge in [0.1, 0.15) is 16.5 Å². The molecule has 0 unspecified atom stereocenters. The van der Waals surface area contributed by atoms with Crippen molar-refractivity contribution < 1.29 is 14.0 Å². The Hall–Kier alpha value is -3.30. The van der Waals surface area contributed by atoms with Crippen molar-refractivity contribution >= 4 is 40.2 Å². The highest BCUT2D eigenvalue weighted by Crippen LogP contribution is 2.19. The Morgan fingerprint density at radius 2 is 1.97 bits per heavy atom. The van der Waals surface area contributed by atoms with E-state index in [1.807, 2.05) is 45.3 Å². The largest absolute Gasteiger partial charge is 0.343 e. The Kier molecular flexibility index (Phi) is 7.31. The standard InChI is InChI=1S/C24H23FN4O2S2/c1-2-11-29(24(31)21-10-6-13-32-21)14-17-7-5-12-28(17)15-22-26-20(16-33-22)23(30)27-19-9-4-3-8-18(19)25/h3-10,12-13,16H,2,11,14-15H2,1H3,(H,27,30). The molecule has 0 spiro atoms. The lowest BCUT2D eigenvalue weighted by atomic mass is 10.3. The number of rotatable bonds is 9. The summed E-state index contributed by atoms with van der Waals surface area (Å²) in [6.07, 6.45) is 2.81. The molecule has 0 aliphatic heterocycles. The lowest BCUT2D eigenvalue weighted by Crippen LogP contribution is -2.31. The molecule has 4 aromatic rings. The van der Waals surface area contributed by atoms with E-state index < -0.39 is 11.7 Å². The van der Waals surface area contributed by atoms with Gasteiger partial charge in [0.25, 0.3) is 11.8 Å². The zero-order valence-corrected chi connectivity index (χ0v) is 19.7. The van der Waals surface area contributed by atoms with Crippen LogP contribution in [0, 0.1) is 5.82 Å². The third kappa shape index (κ3) is 5.55. The maximum atomic E-state index is 13.8. The van der Waals surface area contributed by atoms with Gasteiger partial charge < -0.3 is 14.8 Å². The maximum absolute atomic E-state index is 13.8. The highest BCUT2D eigenvalue weighted by atomic mass is 32.1. The predicted octanol–water partition coefficient (Wildman–Crippen LogP) is 5.50. The van der Waals surface area contributed by atoms with Crippen molar-refractivity contribution in [1.82, 2.24) is 14.5 Å². The molecule has 6 nitrogen and oxygen atoms in total. The molecule has 4 rings (SSSR count). The van der Waals surface area contributed by atoms with E-state index in [1.165, 1.54) is 34.8 Å². The maximum Gasteiger partial charge on any atom is 0.275 e. The van der Waals surface area contributed by atoms with Crippen LogP contribution in [0.4, 0.5) is 10.1 Å². The van der Waals surface area contributed by atoms with Crippen molar-refractivity contribution in [2.24, 2.45) is 0 Å². The van der Waals surface area contributed by atoms with Crippen LogP contribution < -0.4 is 5.32 Å². The molecular formula is C24H23FN4O2S2. The molecular weight excluding hydrogens is 459 g/mol. The number of nitrogens with zero attached hydrogens (tertiary/aromatic N) is 3. The molecule has 1 aromatic carbocycles. The fourth-order valence-electron chi connectivity index (χ4n) is 3.40. The number of carbonyl (C=O) groups excluding carboxylic acids is 2. The van der Waals surface area contributed by atoms with E-state index in [4.69, 9.17) is 0 Å². The smallest absolute Gasteiger partial charge is 0.275 e. The number of amides is 2.